The number of aromatic nitrogens is 1. The lowest BCUT2D eigenvalue weighted by molar-refractivity contribution is 0.0594. The molecule has 0 unspecified atom stereocenters. The van der Waals surface area contributed by atoms with Gasteiger partial charge in [-0.15, -0.1) is 0 Å². The first-order valence-corrected chi connectivity index (χ1v) is 7.73. The van der Waals surface area contributed by atoms with Crippen LogP contribution in [0, 0.1) is 5.41 Å². The van der Waals surface area contributed by atoms with Crippen molar-refractivity contribution in [2.75, 3.05) is 31.7 Å². The molecule has 120 valence electrons. The first kappa shape index (κ1) is 15.2. The molecule has 0 saturated carbocycles. The van der Waals surface area contributed by atoms with E-state index in [1.807, 2.05) is 19.1 Å². The summed E-state index contributed by atoms with van der Waals surface area (Å²) in [7, 11) is 1.38. The maximum Gasteiger partial charge on any atom is 0.358 e. The van der Waals surface area contributed by atoms with E-state index in [2.05, 4.69) is 9.88 Å². The molecule has 2 fully saturated rings. The fourth-order valence-electron chi connectivity index (χ4n) is 3.57. The van der Waals surface area contributed by atoms with Gasteiger partial charge in [-0.1, -0.05) is 0 Å². The second-order valence-electron chi connectivity index (χ2n) is 6.25. The van der Waals surface area contributed by atoms with Crippen LogP contribution < -0.4 is 10.6 Å². The van der Waals surface area contributed by atoms with Crippen molar-refractivity contribution in [1.29, 1.82) is 0 Å². The summed E-state index contributed by atoms with van der Waals surface area (Å²) in [5.41, 5.74) is 7.63. The molecule has 0 aliphatic carbocycles. The highest BCUT2D eigenvalue weighted by atomic mass is 16.5. The van der Waals surface area contributed by atoms with Crippen LogP contribution in [0.1, 0.15) is 30.3 Å². The summed E-state index contributed by atoms with van der Waals surface area (Å²) in [6, 6.07) is 3.85. The lowest BCUT2D eigenvalue weighted by Gasteiger charge is -2.42. The Balaban J connectivity index is 1.76. The minimum Gasteiger partial charge on any atom is -0.464 e. The summed E-state index contributed by atoms with van der Waals surface area (Å²) in [5, 5.41) is 0. The van der Waals surface area contributed by atoms with Gasteiger partial charge in [0.15, 0.2) is 5.69 Å². The number of nitrogens with two attached hydrogens (primary N) is 1. The summed E-state index contributed by atoms with van der Waals surface area (Å²) in [5.74, 6) is -0.398. The number of esters is 1. The average molecular weight is 305 g/mol. The minimum absolute atomic E-state index is 0.0730. The molecule has 1 spiro atoms. The van der Waals surface area contributed by atoms with Gasteiger partial charge in [0.2, 0.25) is 0 Å². The first-order chi connectivity index (χ1) is 10.6. The highest BCUT2D eigenvalue weighted by Crippen LogP contribution is 2.42. The summed E-state index contributed by atoms with van der Waals surface area (Å²) in [6.07, 6.45) is 3.67. The number of ether oxygens (including phenoxy) is 2. The van der Waals surface area contributed by atoms with Gasteiger partial charge in [0.05, 0.1) is 25.5 Å². The summed E-state index contributed by atoms with van der Waals surface area (Å²) >= 11 is 0. The molecule has 1 aromatic heterocycles. The van der Waals surface area contributed by atoms with Crippen molar-refractivity contribution in [3.8, 4) is 0 Å². The molecule has 0 aromatic carbocycles. The first-order valence-electron chi connectivity index (χ1n) is 7.73. The molecule has 6 heteroatoms. The highest BCUT2D eigenvalue weighted by Gasteiger charge is 2.47. The zero-order valence-electron chi connectivity index (χ0n) is 13.1. The number of hydrogen-bond acceptors (Lipinski definition) is 6. The third-order valence-corrected chi connectivity index (χ3v) is 5.11. The molecule has 0 radical (unpaired) electrons. The number of carbonyl (C=O) groups excluding carboxylic acids is 1. The highest BCUT2D eigenvalue weighted by molar-refractivity contribution is 5.93. The Morgan fingerprint density at radius 3 is 2.82 bits per heavy atom. The van der Waals surface area contributed by atoms with E-state index in [0.717, 1.165) is 38.2 Å². The molecule has 2 N–H and O–H groups in total. The summed E-state index contributed by atoms with van der Waals surface area (Å²) in [4.78, 5) is 18.2. The normalized spacial score (nSPS) is 27.1. The third-order valence-electron chi connectivity index (χ3n) is 5.11. The van der Waals surface area contributed by atoms with Crippen molar-refractivity contribution in [3.05, 3.63) is 24.0 Å². The maximum absolute atomic E-state index is 11.9. The molecule has 22 heavy (non-hydrogen) atoms. The van der Waals surface area contributed by atoms with Crippen LogP contribution in [0.2, 0.25) is 0 Å². The monoisotopic (exact) mass is 305 g/mol. The van der Waals surface area contributed by atoms with Crippen LogP contribution in [0.15, 0.2) is 18.3 Å². The molecule has 2 aliphatic rings. The van der Waals surface area contributed by atoms with Crippen molar-refractivity contribution in [2.45, 2.75) is 31.9 Å². The number of piperidine rings is 1. The number of rotatable bonds is 2. The topological polar surface area (TPSA) is 77.7 Å². The van der Waals surface area contributed by atoms with E-state index in [9.17, 15) is 4.79 Å². The Morgan fingerprint density at radius 2 is 2.23 bits per heavy atom. The van der Waals surface area contributed by atoms with Crippen LogP contribution in [0.4, 0.5) is 5.69 Å². The molecule has 2 saturated heterocycles. The summed E-state index contributed by atoms with van der Waals surface area (Å²) in [6.45, 7) is 4.47. The van der Waals surface area contributed by atoms with Gasteiger partial charge in [-0.25, -0.2) is 9.78 Å². The van der Waals surface area contributed by atoms with E-state index < -0.39 is 5.97 Å². The van der Waals surface area contributed by atoms with Gasteiger partial charge in [-0.05, 0) is 31.9 Å². The smallest absolute Gasteiger partial charge is 0.358 e. The molecular weight excluding hydrogens is 282 g/mol. The second kappa shape index (κ2) is 5.85. The fourth-order valence-corrected chi connectivity index (χ4v) is 3.57. The standard InChI is InChI=1S/C16H23N3O3/c1-11-14(17)16(10-22-11)5-8-19(9-6-16)12-4-3-7-18-13(12)15(20)21-2/h3-4,7,11,14H,5-6,8-10,17H2,1-2H3/t11-,14+/m0/s1. The van der Waals surface area contributed by atoms with Crippen molar-refractivity contribution >= 4 is 11.7 Å². The molecule has 3 rings (SSSR count). The van der Waals surface area contributed by atoms with Crippen molar-refractivity contribution in [2.24, 2.45) is 11.1 Å². The molecule has 0 bridgehead atoms. The van der Waals surface area contributed by atoms with Crippen molar-refractivity contribution in [3.63, 3.8) is 0 Å². The van der Waals surface area contributed by atoms with Gasteiger partial charge in [0, 0.05) is 30.7 Å². The SMILES string of the molecule is COC(=O)c1ncccc1N1CCC2(CC1)CO[C@@H](C)[C@H]2N. The number of methoxy groups -OCH3 is 1. The molecule has 2 atom stereocenters. The Kier molecular flexibility index (Phi) is 4.06. The van der Waals surface area contributed by atoms with Gasteiger partial charge in [-0.3, -0.25) is 0 Å². The molecule has 3 heterocycles. The van der Waals surface area contributed by atoms with E-state index >= 15 is 0 Å². The van der Waals surface area contributed by atoms with Gasteiger partial charge in [0.1, 0.15) is 0 Å². The van der Waals surface area contributed by atoms with E-state index in [4.69, 9.17) is 15.2 Å². The number of hydrogen-bond donors (Lipinski definition) is 1. The molecule has 2 aliphatic heterocycles. The van der Waals surface area contributed by atoms with E-state index in [1.165, 1.54) is 7.11 Å². The molecular formula is C16H23N3O3. The Hall–Kier alpha value is -1.66. The van der Waals surface area contributed by atoms with E-state index in [1.54, 1.807) is 6.20 Å². The predicted octanol–water partition coefficient (Wildman–Crippen LogP) is 1.20. The number of nitrogens with zero attached hydrogens (tertiary/aromatic N) is 2. The lowest BCUT2D eigenvalue weighted by atomic mass is 9.73. The van der Waals surface area contributed by atoms with Gasteiger partial charge < -0.3 is 20.1 Å². The number of carbonyl (C=O) groups is 1. The largest absolute Gasteiger partial charge is 0.464 e. The van der Waals surface area contributed by atoms with Gasteiger partial charge >= 0.3 is 5.97 Å². The third kappa shape index (κ3) is 2.46. The quantitative estimate of drug-likeness (QED) is 0.827. The van der Waals surface area contributed by atoms with Crippen LogP contribution in [-0.2, 0) is 9.47 Å². The Labute approximate surface area is 130 Å². The van der Waals surface area contributed by atoms with Crippen LogP contribution >= 0.6 is 0 Å². The maximum atomic E-state index is 11.9. The van der Waals surface area contributed by atoms with Crippen LogP contribution in [0.3, 0.4) is 0 Å². The van der Waals surface area contributed by atoms with E-state index in [0.29, 0.717) is 5.69 Å². The summed E-state index contributed by atoms with van der Waals surface area (Å²) < 4.78 is 10.6. The van der Waals surface area contributed by atoms with Crippen molar-refractivity contribution < 1.29 is 14.3 Å². The fraction of sp³-hybridized carbons (Fsp3) is 0.625. The molecule has 6 nitrogen and oxygen atoms in total. The number of anilines is 1. The average Bonchev–Trinajstić information content (AvgIpc) is 2.84. The minimum atomic E-state index is -0.398. The zero-order valence-corrected chi connectivity index (χ0v) is 13.1. The van der Waals surface area contributed by atoms with Crippen LogP contribution in [-0.4, -0.2) is 49.9 Å². The Bertz CT molecular complexity index is 555. The van der Waals surface area contributed by atoms with Crippen LogP contribution in [0.25, 0.3) is 0 Å². The zero-order chi connectivity index (χ0) is 15.7. The lowest BCUT2D eigenvalue weighted by Crippen LogP contribution is -2.50. The van der Waals surface area contributed by atoms with Crippen molar-refractivity contribution in [1.82, 2.24) is 4.98 Å². The van der Waals surface area contributed by atoms with Gasteiger partial charge in [-0.2, -0.15) is 0 Å². The van der Waals surface area contributed by atoms with E-state index in [-0.39, 0.29) is 17.6 Å². The molecule has 1 aromatic rings. The second-order valence-corrected chi connectivity index (χ2v) is 6.25. The van der Waals surface area contributed by atoms with Gasteiger partial charge in [0.25, 0.3) is 0 Å². The number of pyridine rings is 1. The van der Waals surface area contributed by atoms with Crippen LogP contribution in [0.5, 0.6) is 0 Å². The Morgan fingerprint density at radius 1 is 1.50 bits per heavy atom. The molecule has 0 amide bonds. The predicted molar refractivity (Wildman–Crippen MR) is 82.8 cm³/mol.